The normalized spacial score (nSPS) is 19.1. The highest BCUT2D eigenvalue weighted by molar-refractivity contribution is 5.40. The molecule has 3 rings (SSSR count). The SMILES string of the molecule is NC(c1cc(F)cc(F)c1)C1CCOc2ccccc21. The summed E-state index contributed by atoms with van der Waals surface area (Å²) in [5.74, 6) is -0.399. The molecule has 1 aliphatic heterocycles. The second-order valence-corrected chi connectivity index (χ2v) is 5.01. The van der Waals surface area contributed by atoms with E-state index in [1.165, 1.54) is 12.1 Å². The Morgan fingerprint density at radius 3 is 2.55 bits per heavy atom. The maximum atomic E-state index is 13.3. The molecule has 1 aliphatic rings. The Balaban J connectivity index is 1.97. The van der Waals surface area contributed by atoms with Crippen molar-refractivity contribution in [3.63, 3.8) is 0 Å². The van der Waals surface area contributed by atoms with E-state index >= 15 is 0 Å². The Labute approximate surface area is 116 Å². The van der Waals surface area contributed by atoms with Gasteiger partial charge in [0.2, 0.25) is 0 Å². The zero-order valence-electron chi connectivity index (χ0n) is 10.9. The van der Waals surface area contributed by atoms with Crippen molar-refractivity contribution in [2.75, 3.05) is 6.61 Å². The summed E-state index contributed by atoms with van der Waals surface area (Å²) in [5.41, 5.74) is 7.71. The second kappa shape index (κ2) is 5.21. The number of benzene rings is 2. The Kier molecular flexibility index (Phi) is 3.40. The summed E-state index contributed by atoms with van der Waals surface area (Å²) in [6.07, 6.45) is 0.732. The summed E-state index contributed by atoms with van der Waals surface area (Å²) in [5, 5.41) is 0. The molecule has 2 N–H and O–H groups in total. The molecule has 2 nitrogen and oxygen atoms in total. The molecule has 0 fully saturated rings. The quantitative estimate of drug-likeness (QED) is 0.910. The van der Waals surface area contributed by atoms with E-state index in [2.05, 4.69) is 0 Å². The van der Waals surface area contributed by atoms with Gasteiger partial charge in [-0.3, -0.25) is 0 Å². The van der Waals surface area contributed by atoms with Gasteiger partial charge in [0.15, 0.2) is 0 Å². The van der Waals surface area contributed by atoms with E-state index in [1.54, 1.807) is 0 Å². The van der Waals surface area contributed by atoms with Crippen LogP contribution in [0.25, 0.3) is 0 Å². The maximum absolute atomic E-state index is 13.3. The third kappa shape index (κ3) is 2.39. The monoisotopic (exact) mass is 275 g/mol. The van der Waals surface area contributed by atoms with Crippen LogP contribution >= 0.6 is 0 Å². The average Bonchev–Trinajstić information content (AvgIpc) is 2.45. The molecular formula is C16H15F2NO. The van der Waals surface area contributed by atoms with Crippen LogP contribution in [0, 0.1) is 11.6 Å². The van der Waals surface area contributed by atoms with Crippen molar-refractivity contribution in [2.45, 2.75) is 18.4 Å². The van der Waals surface area contributed by atoms with Crippen molar-refractivity contribution in [3.05, 3.63) is 65.2 Å². The number of fused-ring (bicyclic) bond motifs is 1. The number of ether oxygens (including phenoxy) is 1. The summed E-state index contributed by atoms with van der Waals surface area (Å²) in [6, 6.07) is 10.7. The molecule has 0 bridgehead atoms. The van der Waals surface area contributed by atoms with E-state index in [9.17, 15) is 8.78 Å². The molecule has 0 spiro atoms. The lowest BCUT2D eigenvalue weighted by molar-refractivity contribution is 0.255. The van der Waals surface area contributed by atoms with Gasteiger partial charge in [-0.15, -0.1) is 0 Å². The van der Waals surface area contributed by atoms with Crippen LogP contribution in [0.2, 0.25) is 0 Å². The number of halogens is 2. The van der Waals surface area contributed by atoms with Crippen LogP contribution in [0.5, 0.6) is 5.75 Å². The minimum Gasteiger partial charge on any atom is -0.493 e. The Morgan fingerprint density at radius 2 is 1.80 bits per heavy atom. The van der Waals surface area contributed by atoms with Gasteiger partial charge in [-0.25, -0.2) is 8.78 Å². The van der Waals surface area contributed by atoms with Gasteiger partial charge in [-0.05, 0) is 35.7 Å². The molecule has 20 heavy (non-hydrogen) atoms. The summed E-state index contributed by atoms with van der Waals surface area (Å²) in [4.78, 5) is 0. The molecule has 0 aliphatic carbocycles. The van der Waals surface area contributed by atoms with Crippen molar-refractivity contribution >= 4 is 0 Å². The van der Waals surface area contributed by atoms with E-state index in [0.717, 1.165) is 23.8 Å². The van der Waals surface area contributed by atoms with E-state index in [0.29, 0.717) is 12.2 Å². The molecule has 0 amide bonds. The third-order valence-electron chi connectivity index (χ3n) is 3.71. The molecule has 0 saturated heterocycles. The van der Waals surface area contributed by atoms with Crippen LogP contribution in [-0.2, 0) is 0 Å². The van der Waals surface area contributed by atoms with Gasteiger partial charge >= 0.3 is 0 Å². The van der Waals surface area contributed by atoms with Crippen LogP contribution in [0.15, 0.2) is 42.5 Å². The number of hydrogen-bond acceptors (Lipinski definition) is 2. The van der Waals surface area contributed by atoms with Crippen LogP contribution in [-0.4, -0.2) is 6.61 Å². The first-order chi connectivity index (χ1) is 9.65. The fourth-order valence-corrected chi connectivity index (χ4v) is 2.74. The molecule has 0 saturated carbocycles. The molecule has 2 aromatic carbocycles. The molecule has 0 aromatic heterocycles. The zero-order valence-corrected chi connectivity index (χ0v) is 10.9. The number of nitrogens with two attached hydrogens (primary N) is 1. The van der Waals surface area contributed by atoms with E-state index in [1.807, 2.05) is 24.3 Å². The van der Waals surface area contributed by atoms with Gasteiger partial charge in [0, 0.05) is 18.0 Å². The van der Waals surface area contributed by atoms with Gasteiger partial charge in [-0.2, -0.15) is 0 Å². The van der Waals surface area contributed by atoms with Gasteiger partial charge in [-0.1, -0.05) is 18.2 Å². The fraction of sp³-hybridized carbons (Fsp3) is 0.250. The maximum Gasteiger partial charge on any atom is 0.126 e. The minimum absolute atomic E-state index is 0.00106. The molecule has 2 aromatic rings. The molecule has 1 heterocycles. The summed E-state index contributed by atoms with van der Waals surface area (Å²) in [6.45, 7) is 0.563. The van der Waals surface area contributed by atoms with Crippen LogP contribution < -0.4 is 10.5 Å². The lowest BCUT2D eigenvalue weighted by atomic mass is 9.83. The van der Waals surface area contributed by atoms with Crippen LogP contribution in [0.1, 0.15) is 29.5 Å². The molecule has 104 valence electrons. The van der Waals surface area contributed by atoms with Crippen molar-refractivity contribution in [3.8, 4) is 5.75 Å². The molecular weight excluding hydrogens is 260 g/mol. The average molecular weight is 275 g/mol. The van der Waals surface area contributed by atoms with Crippen LogP contribution in [0.3, 0.4) is 0 Å². The highest BCUT2D eigenvalue weighted by atomic mass is 19.1. The standard InChI is InChI=1S/C16H15F2NO/c17-11-7-10(8-12(18)9-11)16(19)14-5-6-20-15-4-2-1-3-13(14)15/h1-4,7-9,14,16H,5-6,19H2. The van der Waals surface area contributed by atoms with Gasteiger partial charge in [0.1, 0.15) is 17.4 Å². The van der Waals surface area contributed by atoms with Crippen molar-refractivity contribution in [1.82, 2.24) is 0 Å². The number of para-hydroxylation sites is 1. The summed E-state index contributed by atoms with van der Waals surface area (Å²) in [7, 11) is 0. The Bertz CT molecular complexity index is 609. The first-order valence-corrected chi connectivity index (χ1v) is 6.58. The minimum atomic E-state index is -0.601. The predicted octanol–water partition coefficient (Wildman–Crippen LogP) is 3.53. The first-order valence-electron chi connectivity index (χ1n) is 6.58. The van der Waals surface area contributed by atoms with Crippen molar-refractivity contribution in [2.24, 2.45) is 5.73 Å². The van der Waals surface area contributed by atoms with E-state index < -0.39 is 17.7 Å². The van der Waals surface area contributed by atoms with E-state index in [4.69, 9.17) is 10.5 Å². The largest absolute Gasteiger partial charge is 0.493 e. The van der Waals surface area contributed by atoms with Gasteiger partial charge < -0.3 is 10.5 Å². The van der Waals surface area contributed by atoms with Crippen molar-refractivity contribution in [1.29, 1.82) is 0 Å². The van der Waals surface area contributed by atoms with Gasteiger partial charge in [0.05, 0.1) is 6.61 Å². The lowest BCUT2D eigenvalue weighted by Crippen LogP contribution is -2.25. The second-order valence-electron chi connectivity index (χ2n) is 5.01. The molecule has 4 heteroatoms. The Hall–Kier alpha value is -1.94. The summed E-state index contributed by atoms with van der Waals surface area (Å²) < 4.78 is 32.2. The van der Waals surface area contributed by atoms with Crippen molar-refractivity contribution < 1.29 is 13.5 Å². The first kappa shape index (κ1) is 13.1. The number of rotatable bonds is 2. The highest BCUT2D eigenvalue weighted by Crippen LogP contribution is 2.40. The topological polar surface area (TPSA) is 35.2 Å². The number of hydrogen-bond donors (Lipinski definition) is 1. The Morgan fingerprint density at radius 1 is 1.10 bits per heavy atom. The van der Waals surface area contributed by atoms with E-state index in [-0.39, 0.29) is 5.92 Å². The molecule has 2 atom stereocenters. The smallest absolute Gasteiger partial charge is 0.126 e. The molecule has 0 radical (unpaired) electrons. The molecule has 2 unspecified atom stereocenters. The lowest BCUT2D eigenvalue weighted by Gasteiger charge is -2.30. The zero-order chi connectivity index (χ0) is 14.1. The third-order valence-corrected chi connectivity index (χ3v) is 3.71. The fourth-order valence-electron chi connectivity index (χ4n) is 2.74. The van der Waals surface area contributed by atoms with Crippen LogP contribution in [0.4, 0.5) is 8.78 Å². The predicted molar refractivity (Wildman–Crippen MR) is 72.6 cm³/mol. The van der Waals surface area contributed by atoms with Gasteiger partial charge in [0.25, 0.3) is 0 Å². The summed E-state index contributed by atoms with van der Waals surface area (Å²) >= 11 is 0. The highest BCUT2D eigenvalue weighted by Gasteiger charge is 2.28.